The number of fused-ring (bicyclic) bond motifs is 1. The molecule has 5 N–H and O–H groups in total. The Morgan fingerprint density at radius 1 is 1.30 bits per heavy atom. The number of aromatic nitrogens is 4. The number of anilines is 2. The van der Waals surface area contributed by atoms with Crippen LogP contribution in [0.15, 0.2) is 30.5 Å². The minimum atomic E-state index is -0.583. The maximum Gasteiger partial charge on any atom is 0.222 e. The van der Waals surface area contributed by atoms with Gasteiger partial charge in [-0.15, -0.1) is 0 Å². The highest BCUT2D eigenvalue weighted by atomic mass is 16.3. The van der Waals surface area contributed by atoms with E-state index < -0.39 is 5.60 Å². The van der Waals surface area contributed by atoms with Gasteiger partial charge in [0.05, 0.1) is 16.8 Å². The molecule has 0 spiro atoms. The van der Waals surface area contributed by atoms with E-state index in [1.807, 2.05) is 31.2 Å². The van der Waals surface area contributed by atoms with Crippen LogP contribution in [0.3, 0.4) is 0 Å². The summed E-state index contributed by atoms with van der Waals surface area (Å²) in [6.45, 7) is 1.84. The van der Waals surface area contributed by atoms with Gasteiger partial charge in [-0.05, 0) is 38.0 Å². The highest BCUT2D eigenvalue weighted by Gasteiger charge is 2.38. The van der Waals surface area contributed by atoms with E-state index in [1.54, 1.807) is 6.20 Å². The first-order valence-electron chi connectivity index (χ1n) is 7.56. The maximum atomic E-state index is 9.86. The first-order chi connectivity index (χ1) is 11.0. The molecule has 118 valence electrons. The predicted molar refractivity (Wildman–Crippen MR) is 88.8 cm³/mol. The molecule has 0 saturated heterocycles. The zero-order chi connectivity index (χ0) is 16.0. The Hall–Kier alpha value is -2.67. The van der Waals surface area contributed by atoms with Gasteiger partial charge in [0, 0.05) is 23.2 Å². The normalized spacial score (nSPS) is 23.7. The van der Waals surface area contributed by atoms with Crippen molar-refractivity contribution in [2.75, 3.05) is 11.1 Å². The van der Waals surface area contributed by atoms with Crippen LogP contribution in [0.1, 0.15) is 19.8 Å². The van der Waals surface area contributed by atoms with Crippen molar-refractivity contribution in [1.82, 2.24) is 20.2 Å². The van der Waals surface area contributed by atoms with E-state index in [-0.39, 0.29) is 12.0 Å². The Morgan fingerprint density at radius 2 is 2.13 bits per heavy atom. The number of nitrogens with two attached hydrogens (primary N) is 1. The number of benzene rings is 1. The molecule has 3 aromatic rings. The fourth-order valence-corrected chi connectivity index (χ4v) is 3.14. The number of aromatic amines is 1. The van der Waals surface area contributed by atoms with Crippen molar-refractivity contribution in [2.24, 2.45) is 0 Å². The highest BCUT2D eigenvalue weighted by Crippen LogP contribution is 2.35. The lowest BCUT2D eigenvalue weighted by Gasteiger charge is -2.41. The van der Waals surface area contributed by atoms with Gasteiger partial charge in [-0.1, -0.05) is 6.07 Å². The number of rotatable bonds is 3. The second-order valence-corrected chi connectivity index (χ2v) is 6.38. The highest BCUT2D eigenvalue weighted by molar-refractivity contribution is 5.92. The summed E-state index contributed by atoms with van der Waals surface area (Å²) in [4.78, 5) is 8.65. The second kappa shape index (κ2) is 4.92. The van der Waals surface area contributed by atoms with Crippen LogP contribution in [0, 0.1) is 0 Å². The lowest BCUT2D eigenvalue weighted by Crippen LogP contribution is -2.48. The summed E-state index contributed by atoms with van der Waals surface area (Å²) >= 11 is 0. The van der Waals surface area contributed by atoms with E-state index in [1.165, 1.54) is 0 Å². The molecule has 1 aliphatic rings. The monoisotopic (exact) mass is 310 g/mol. The summed E-state index contributed by atoms with van der Waals surface area (Å²) in [6, 6.07) is 8.04. The van der Waals surface area contributed by atoms with Crippen molar-refractivity contribution in [2.45, 2.75) is 31.4 Å². The van der Waals surface area contributed by atoms with Crippen LogP contribution >= 0.6 is 0 Å². The van der Waals surface area contributed by atoms with Gasteiger partial charge >= 0.3 is 0 Å². The third-order valence-corrected chi connectivity index (χ3v) is 4.24. The molecule has 1 saturated carbocycles. The summed E-state index contributed by atoms with van der Waals surface area (Å²) in [5, 5.41) is 21.0. The van der Waals surface area contributed by atoms with Crippen molar-refractivity contribution in [3.8, 4) is 11.3 Å². The molecule has 0 bridgehead atoms. The fourth-order valence-electron chi connectivity index (χ4n) is 3.14. The van der Waals surface area contributed by atoms with E-state index in [0.29, 0.717) is 18.7 Å². The van der Waals surface area contributed by atoms with E-state index in [4.69, 9.17) is 5.73 Å². The first-order valence-corrected chi connectivity index (χ1v) is 7.56. The molecule has 2 heterocycles. The van der Waals surface area contributed by atoms with Crippen molar-refractivity contribution in [3.05, 3.63) is 30.5 Å². The predicted octanol–water partition coefficient (Wildman–Crippen LogP) is 1.93. The second-order valence-electron chi connectivity index (χ2n) is 6.38. The molecule has 0 radical (unpaired) electrons. The zero-order valence-electron chi connectivity index (χ0n) is 12.7. The molecule has 0 atom stereocenters. The Labute approximate surface area is 133 Å². The Kier molecular flexibility index (Phi) is 2.99. The molecule has 1 aliphatic carbocycles. The van der Waals surface area contributed by atoms with E-state index in [0.717, 1.165) is 22.2 Å². The Morgan fingerprint density at radius 3 is 2.83 bits per heavy atom. The molecular formula is C16H18N6O. The average Bonchev–Trinajstić information content (AvgIpc) is 2.98. The van der Waals surface area contributed by atoms with Crippen LogP contribution in [0.5, 0.6) is 0 Å². The van der Waals surface area contributed by atoms with Gasteiger partial charge in [-0.3, -0.25) is 5.10 Å². The molecule has 2 aromatic heterocycles. The summed E-state index contributed by atoms with van der Waals surface area (Å²) in [6.07, 6.45) is 3.11. The largest absolute Gasteiger partial charge is 0.390 e. The quantitative estimate of drug-likeness (QED) is 0.588. The van der Waals surface area contributed by atoms with Crippen LogP contribution in [-0.4, -0.2) is 36.9 Å². The number of hydrogen-bond acceptors (Lipinski definition) is 6. The van der Waals surface area contributed by atoms with Gasteiger partial charge < -0.3 is 16.2 Å². The van der Waals surface area contributed by atoms with Crippen LogP contribution in [0.2, 0.25) is 0 Å². The number of nitrogen functional groups attached to an aromatic ring is 1. The number of H-pyrrole nitrogens is 1. The Bertz CT molecular complexity index is 850. The van der Waals surface area contributed by atoms with Crippen LogP contribution < -0.4 is 11.1 Å². The van der Waals surface area contributed by atoms with Crippen LogP contribution in [-0.2, 0) is 0 Å². The molecule has 4 rings (SSSR count). The van der Waals surface area contributed by atoms with Crippen molar-refractivity contribution >= 4 is 22.7 Å². The minimum absolute atomic E-state index is 0.204. The SMILES string of the molecule is CC1(O)CC(Nc2nc(N)nc3cc(-c4ccn[nH]4)ccc23)C1. The van der Waals surface area contributed by atoms with Gasteiger partial charge in [0.1, 0.15) is 5.82 Å². The standard InChI is InChI=1S/C16H18N6O/c1-16(23)7-10(8-16)19-14-11-3-2-9(12-4-5-18-22-12)6-13(11)20-15(17)21-14/h2-6,10,23H,7-8H2,1H3,(H,18,22)(H3,17,19,20,21). The number of hydrogen-bond donors (Lipinski definition) is 4. The smallest absolute Gasteiger partial charge is 0.222 e. The third-order valence-electron chi connectivity index (χ3n) is 4.24. The van der Waals surface area contributed by atoms with E-state index >= 15 is 0 Å². The molecule has 1 fully saturated rings. The van der Waals surface area contributed by atoms with Crippen molar-refractivity contribution in [3.63, 3.8) is 0 Å². The van der Waals surface area contributed by atoms with E-state index in [2.05, 4.69) is 25.5 Å². The number of aliphatic hydroxyl groups is 1. The molecule has 23 heavy (non-hydrogen) atoms. The summed E-state index contributed by atoms with van der Waals surface area (Å²) in [7, 11) is 0. The lowest BCUT2D eigenvalue weighted by molar-refractivity contribution is -0.0234. The topological polar surface area (TPSA) is 113 Å². The fraction of sp³-hybridized carbons (Fsp3) is 0.312. The molecule has 7 nitrogen and oxygen atoms in total. The molecule has 7 heteroatoms. The Balaban J connectivity index is 1.71. The van der Waals surface area contributed by atoms with Crippen molar-refractivity contribution < 1.29 is 5.11 Å². The summed E-state index contributed by atoms with van der Waals surface area (Å²) in [5.41, 5.74) is 7.96. The maximum absolute atomic E-state index is 9.86. The number of nitrogens with one attached hydrogen (secondary N) is 2. The summed E-state index contributed by atoms with van der Waals surface area (Å²) < 4.78 is 0. The zero-order valence-corrected chi connectivity index (χ0v) is 12.7. The average molecular weight is 310 g/mol. The molecule has 0 unspecified atom stereocenters. The van der Waals surface area contributed by atoms with Crippen molar-refractivity contribution in [1.29, 1.82) is 0 Å². The number of nitrogens with zero attached hydrogens (tertiary/aromatic N) is 3. The summed E-state index contributed by atoms with van der Waals surface area (Å²) in [5.74, 6) is 0.942. The van der Waals surface area contributed by atoms with Gasteiger partial charge in [0.2, 0.25) is 5.95 Å². The van der Waals surface area contributed by atoms with Gasteiger partial charge in [-0.25, -0.2) is 4.98 Å². The minimum Gasteiger partial charge on any atom is -0.390 e. The van der Waals surface area contributed by atoms with Crippen LogP contribution in [0.4, 0.5) is 11.8 Å². The molecule has 1 aromatic carbocycles. The third kappa shape index (κ3) is 2.59. The lowest BCUT2D eigenvalue weighted by atomic mass is 9.77. The van der Waals surface area contributed by atoms with Gasteiger partial charge in [-0.2, -0.15) is 10.1 Å². The molecule has 0 aliphatic heterocycles. The first kappa shape index (κ1) is 14.0. The van der Waals surface area contributed by atoms with Gasteiger partial charge in [0.25, 0.3) is 0 Å². The van der Waals surface area contributed by atoms with E-state index in [9.17, 15) is 5.11 Å². The molecule has 0 amide bonds. The van der Waals surface area contributed by atoms with Crippen LogP contribution in [0.25, 0.3) is 22.2 Å². The molecular weight excluding hydrogens is 292 g/mol. The van der Waals surface area contributed by atoms with Gasteiger partial charge in [0.15, 0.2) is 0 Å².